The van der Waals surface area contributed by atoms with Crippen molar-refractivity contribution in [2.24, 2.45) is 0 Å². The number of hydrogen-bond donors (Lipinski definition) is 2. The lowest BCUT2D eigenvalue weighted by Crippen LogP contribution is -2.13. The van der Waals surface area contributed by atoms with Crippen molar-refractivity contribution < 1.29 is 17.9 Å². The van der Waals surface area contributed by atoms with E-state index in [1.807, 2.05) is 25.1 Å². The number of amides is 1. The van der Waals surface area contributed by atoms with Crippen molar-refractivity contribution in [1.29, 1.82) is 0 Å². The van der Waals surface area contributed by atoms with Gasteiger partial charge in [0.1, 0.15) is 5.75 Å². The van der Waals surface area contributed by atoms with Gasteiger partial charge in [-0.15, -0.1) is 0 Å². The fourth-order valence-corrected chi connectivity index (χ4v) is 3.97. The molecule has 3 aromatic carbocycles. The fraction of sp³-hybridized carbons (Fsp3) is 0.0870. The van der Waals surface area contributed by atoms with Gasteiger partial charge in [-0.3, -0.25) is 9.52 Å². The molecular formula is C23H21ClN2O4S. The Morgan fingerprint density at radius 3 is 2.35 bits per heavy atom. The molecule has 0 aliphatic rings. The number of halogens is 1. The van der Waals surface area contributed by atoms with Gasteiger partial charge in [0.25, 0.3) is 10.0 Å². The Hall–Kier alpha value is -3.29. The van der Waals surface area contributed by atoms with Gasteiger partial charge in [0, 0.05) is 22.3 Å². The Morgan fingerprint density at radius 2 is 1.68 bits per heavy atom. The molecule has 8 heteroatoms. The number of benzene rings is 3. The summed E-state index contributed by atoms with van der Waals surface area (Å²) >= 11 is 6.05. The van der Waals surface area contributed by atoms with Crippen LogP contribution in [0.4, 0.5) is 11.4 Å². The highest BCUT2D eigenvalue weighted by Gasteiger charge is 2.15. The average Bonchev–Trinajstić information content (AvgIpc) is 2.75. The summed E-state index contributed by atoms with van der Waals surface area (Å²) in [5, 5.41) is 3.16. The summed E-state index contributed by atoms with van der Waals surface area (Å²) in [4.78, 5) is 12.2. The van der Waals surface area contributed by atoms with Crippen LogP contribution in [0.3, 0.4) is 0 Å². The average molecular weight is 457 g/mol. The highest BCUT2D eigenvalue weighted by atomic mass is 35.5. The summed E-state index contributed by atoms with van der Waals surface area (Å²) in [7, 11) is -2.23. The summed E-state index contributed by atoms with van der Waals surface area (Å²) in [6.45, 7) is 1.83. The third-order valence-corrected chi connectivity index (χ3v) is 6.21. The third kappa shape index (κ3) is 5.87. The first-order valence-corrected chi connectivity index (χ1v) is 11.2. The van der Waals surface area contributed by atoms with Crippen LogP contribution in [0.25, 0.3) is 6.08 Å². The van der Waals surface area contributed by atoms with Crippen LogP contribution in [0.15, 0.2) is 77.7 Å². The number of ether oxygens (including phenoxy) is 1. The minimum absolute atomic E-state index is 0.0618. The van der Waals surface area contributed by atoms with Crippen molar-refractivity contribution in [1.82, 2.24) is 0 Å². The zero-order valence-corrected chi connectivity index (χ0v) is 18.5. The van der Waals surface area contributed by atoms with Crippen molar-refractivity contribution in [3.05, 3.63) is 89.0 Å². The number of carbonyl (C=O) groups excluding carboxylic acids is 1. The van der Waals surface area contributed by atoms with Crippen LogP contribution in [0.1, 0.15) is 11.1 Å². The van der Waals surface area contributed by atoms with E-state index in [4.69, 9.17) is 16.3 Å². The lowest BCUT2D eigenvalue weighted by molar-refractivity contribution is -0.111. The standard InChI is InChI=1S/C23H21ClN2O4S/c1-16-7-9-19(15-21(16)24)26-31(28,29)20-12-10-18(11-13-20)25-23(27)14-8-17-5-3-4-6-22(17)30-2/h3-15,26H,1-2H3,(H,25,27). The van der Waals surface area contributed by atoms with Gasteiger partial charge in [-0.25, -0.2) is 8.42 Å². The van der Waals surface area contributed by atoms with Gasteiger partial charge in [-0.1, -0.05) is 35.9 Å². The molecule has 0 saturated carbocycles. The maximum Gasteiger partial charge on any atom is 0.261 e. The Bertz CT molecular complexity index is 1220. The van der Waals surface area contributed by atoms with E-state index in [9.17, 15) is 13.2 Å². The first-order chi connectivity index (χ1) is 14.8. The lowest BCUT2D eigenvalue weighted by Gasteiger charge is -2.10. The number of aryl methyl sites for hydroxylation is 1. The Balaban J connectivity index is 1.67. The topological polar surface area (TPSA) is 84.5 Å². The molecule has 0 heterocycles. The van der Waals surface area contributed by atoms with Gasteiger partial charge in [0.2, 0.25) is 5.91 Å². The molecule has 2 N–H and O–H groups in total. The Labute approximate surface area is 186 Å². The zero-order chi connectivity index (χ0) is 22.4. The Kier molecular flexibility index (Phi) is 6.99. The molecule has 6 nitrogen and oxygen atoms in total. The second-order valence-electron chi connectivity index (χ2n) is 6.66. The van der Waals surface area contributed by atoms with Crippen LogP contribution >= 0.6 is 11.6 Å². The molecule has 3 aromatic rings. The molecule has 0 atom stereocenters. The van der Waals surface area contributed by atoms with Crippen LogP contribution in [0.5, 0.6) is 5.75 Å². The molecular weight excluding hydrogens is 436 g/mol. The number of anilines is 2. The maximum atomic E-state index is 12.6. The molecule has 0 saturated heterocycles. The summed E-state index contributed by atoms with van der Waals surface area (Å²) in [5.41, 5.74) is 2.45. The predicted molar refractivity (Wildman–Crippen MR) is 124 cm³/mol. The van der Waals surface area contributed by atoms with Crippen molar-refractivity contribution in [3.63, 3.8) is 0 Å². The normalized spacial score (nSPS) is 11.3. The van der Waals surface area contributed by atoms with Crippen molar-refractivity contribution >= 4 is 45.0 Å². The van der Waals surface area contributed by atoms with Crippen LogP contribution in [-0.2, 0) is 14.8 Å². The van der Waals surface area contributed by atoms with E-state index in [2.05, 4.69) is 10.0 Å². The van der Waals surface area contributed by atoms with E-state index in [1.165, 1.54) is 30.3 Å². The summed E-state index contributed by atoms with van der Waals surface area (Å²) in [5.74, 6) is 0.303. The van der Waals surface area contributed by atoms with Crippen LogP contribution in [0.2, 0.25) is 5.02 Å². The minimum Gasteiger partial charge on any atom is -0.496 e. The van der Waals surface area contributed by atoms with Crippen molar-refractivity contribution in [2.75, 3.05) is 17.1 Å². The third-order valence-electron chi connectivity index (χ3n) is 4.41. The van der Waals surface area contributed by atoms with Gasteiger partial charge < -0.3 is 10.1 Å². The SMILES string of the molecule is COc1ccccc1C=CC(=O)Nc1ccc(S(=O)(=O)Nc2ccc(C)c(Cl)c2)cc1. The molecule has 0 fully saturated rings. The van der Waals surface area contributed by atoms with E-state index in [0.717, 1.165) is 11.1 Å². The molecule has 1 amide bonds. The van der Waals surface area contributed by atoms with E-state index in [-0.39, 0.29) is 10.8 Å². The van der Waals surface area contributed by atoms with E-state index in [0.29, 0.717) is 22.1 Å². The molecule has 0 aliphatic heterocycles. The van der Waals surface area contributed by atoms with Gasteiger partial charge in [0.15, 0.2) is 0 Å². The number of nitrogens with one attached hydrogen (secondary N) is 2. The molecule has 31 heavy (non-hydrogen) atoms. The second kappa shape index (κ2) is 9.68. The summed E-state index contributed by atoms with van der Waals surface area (Å²) in [6.07, 6.45) is 3.02. The quantitative estimate of drug-likeness (QED) is 0.484. The number of rotatable bonds is 7. The number of carbonyl (C=O) groups is 1. The number of sulfonamides is 1. The first kappa shape index (κ1) is 22.4. The monoisotopic (exact) mass is 456 g/mol. The molecule has 0 bridgehead atoms. The largest absolute Gasteiger partial charge is 0.496 e. The summed E-state index contributed by atoms with van der Waals surface area (Å²) < 4.78 is 32.9. The van der Waals surface area contributed by atoms with Crippen molar-refractivity contribution in [2.45, 2.75) is 11.8 Å². The molecule has 160 valence electrons. The molecule has 0 aromatic heterocycles. The van der Waals surface area contributed by atoms with Crippen molar-refractivity contribution in [3.8, 4) is 5.75 Å². The lowest BCUT2D eigenvalue weighted by atomic mass is 10.2. The van der Waals surface area contributed by atoms with Gasteiger partial charge >= 0.3 is 0 Å². The highest BCUT2D eigenvalue weighted by Crippen LogP contribution is 2.23. The zero-order valence-electron chi connectivity index (χ0n) is 16.9. The predicted octanol–water partition coefficient (Wildman–Crippen LogP) is 5.11. The summed E-state index contributed by atoms with van der Waals surface area (Å²) in [6, 6.07) is 18.1. The number of methoxy groups -OCH3 is 1. The van der Waals surface area contributed by atoms with Gasteiger partial charge in [-0.2, -0.15) is 0 Å². The molecule has 0 unspecified atom stereocenters. The van der Waals surface area contributed by atoms with E-state index >= 15 is 0 Å². The molecule has 0 radical (unpaired) electrons. The van der Waals surface area contributed by atoms with Crippen LogP contribution in [-0.4, -0.2) is 21.4 Å². The fourth-order valence-electron chi connectivity index (χ4n) is 2.74. The van der Waals surface area contributed by atoms with Crippen LogP contribution < -0.4 is 14.8 Å². The Morgan fingerprint density at radius 1 is 1.00 bits per heavy atom. The second-order valence-corrected chi connectivity index (χ2v) is 8.75. The van der Waals surface area contributed by atoms with E-state index < -0.39 is 10.0 Å². The molecule has 3 rings (SSSR count). The number of para-hydroxylation sites is 1. The van der Waals surface area contributed by atoms with Gasteiger partial charge in [-0.05, 0) is 61.0 Å². The van der Waals surface area contributed by atoms with Crippen LogP contribution in [0, 0.1) is 6.92 Å². The van der Waals surface area contributed by atoms with Gasteiger partial charge in [0.05, 0.1) is 17.7 Å². The highest BCUT2D eigenvalue weighted by molar-refractivity contribution is 7.92. The smallest absolute Gasteiger partial charge is 0.261 e. The maximum absolute atomic E-state index is 12.6. The minimum atomic E-state index is -3.79. The number of hydrogen-bond acceptors (Lipinski definition) is 4. The molecule has 0 aliphatic carbocycles. The first-order valence-electron chi connectivity index (χ1n) is 9.29. The van der Waals surface area contributed by atoms with E-state index in [1.54, 1.807) is 37.5 Å². The molecule has 0 spiro atoms.